The number of amides is 3. The Morgan fingerprint density at radius 1 is 1.10 bits per heavy atom. The molecule has 0 aliphatic heterocycles. The summed E-state index contributed by atoms with van der Waals surface area (Å²) in [6.07, 6.45) is 0.0838. The summed E-state index contributed by atoms with van der Waals surface area (Å²) in [5.74, 6) is -0.973. The van der Waals surface area contributed by atoms with Crippen molar-refractivity contribution < 1.29 is 19.1 Å². The van der Waals surface area contributed by atoms with Crippen LogP contribution in [0, 0.1) is 11.3 Å². The number of ether oxygens (including phenoxy) is 1. The largest absolute Gasteiger partial charge is 0.444 e. The van der Waals surface area contributed by atoms with Gasteiger partial charge in [-0.25, -0.2) is 4.79 Å². The molecule has 0 heterocycles. The predicted octanol–water partition coefficient (Wildman–Crippen LogP) is 3.08. The predicted molar refractivity (Wildman–Crippen MR) is 118 cm³/mol. The third-order valence-corrected chi connectivity index (χ3v) is 4.11. The molecule has 1 rings (SSSR count). The maximum atomic E-state index is 13.1. The van der Waals surface area contributed by atoms with Crippen LogP contribution in [0.15, 0.2) is 24.3 Å². The summed E-state index contributed by atoms with van der Waals surface area (Å²) in [5, 5.41) is 14.6. The lowest BCUT2D eigenvalue weighted by Gasteiger charge is -2.32. The maximum absolute atomic E-state index is 13.1. The first-order valence-corrected chi connectivity index (χ1v) is 10.3. The SMILES string of the molecule is CCc1ccc(C(C(=O)NC(C)(C)C)N(CC#N)C(=O)CNC(=O)OC(C)(C)C)cc1. The van der Waals surface area contributed by atoms with Crippen LogP contribution in [-0.4, -0.2) is 47.0 Å². The van der Waals surface area contributed by atoms with Crippen LogP contribution in [0.3, 0.4) is 0 Å². The maximum Gasteiger partial charge on any atom is 0.408 e. The van der Waals surface area contributed by atoms with Gasteiger partial charge in [0.15, 0.2) is 0 Å². The molecule has 1 atom stereocenters. The summed E-state index contributed by atoms with van der Waals surface area (Å²) in [6.45, 7) is 12.0. The minimum atomic E-state index is -1.02. The highest BCUT2D eigenvalue weighted by atomic mass is 16.6. The van der Waals surface area contributed by atoms with Gasteiger partial charge in [0, 0.05) is 5.54 Å². The molecule has 0 fully saturated rings. The van der Waals surface area contributed by atoms with E-state index in [0.717, 1.165) is 12.0 Å². The molecule has 8 nitrogen and oxygen atoms in total. The molecule has 170 valence electrons. The topological polar surface area (TPSA) is 112 Å². The Kier molecular flexibility index (Phi) is 9.04. The van der Waals surface area contributed by atoms with Gasteiger partial charge in [-0.15, -0.1) is 0 Å². The van der Waals surface area contributed by atoms with E-state index in [1.165, 1.54) is 4.90 Å². The van der Waals surface area contributed by atoms with E-state index in [4.69, 9.17) is 4.74 Å². The highest BCUT2D eigenvalue weighted by Crippen LogP contribution is 2.23. The van der Waals surface area contributed by atoms with Crippen molar-refractivity contribution in [3.63, 3.8) is 0 Å². The third-order valence-electron chi connectivity index (χ3n) is 4.11. The van der Waals surface area contributed by atoms with E-state index in [2.05, 4.69) is 10.6 Å². The molecule has 0 spiro atoms. The number of carbonyl (C=O) groups is 3. The van der Waals surface area contributed by atoms with E-state index < -0.39 is 41.6 Å². The zero-order chi connectivity index (χ0) is 23.8. The zero-order valence-electron chi connectivity index (χ0n) is 19.5. The van der Waals surface area contributed by atoms with Crippen LogP contribution < -0.4 is 10.6 Å². The molecule has 0 radical (unpaired) electrons. The molecular formula is C23H34N4O4. The Bertz CT molecular complexity index is 814. The van der Waals surface area contributed by atoms with E-state index in [1.807, 2.05) is 45.9 Å². The average molecular weight is 431 g/mol. The quantitative estimate of drug-likeness (QED) is 0.646. The number of aryl methyl sites for hydroxylation is 1. The molecule has 2 N–H and O–H groups in total. The molecule has 0 aliphatic carbocycles. The van der Waals surface area contributed by atoms with Crippen molar-refractivity contribution in [1.29, 1.82) is 5.26 Å². The van der Waals surface area contributed by atoms with Crippen molar-refractivity contribution in [1.82, 2.24) is 15.5 Å². The highest BCUT2D eigenvalue weighted by molar-refractivity contribution is 5.90. The smallest absolute Gasteiger partial charge is 0.408 e. The Morgan fingerprint density at radius 3 is 2.13 bits per heavy atom. The van der Waals surface area contributed by atoms with Crippen LogP contribution in [0.2, 0.25) is 0 Å². The summed E-state index contributed by atoms with van der Waals surface area (Å²) in [4.78, 5) is 39.2. The molecule has 0 bridgehead atoms. The molecule has 0 saturated carbocycles. The highest BCUT2D eigenvalue weighted by Gasteiger charge is 2.33. The average Bonchev–Trinajstić information content (AvgIpc) is 2.63. The van der Waals surface area contributed by atoms with Crippen molar-refractivity contribution in [3.05, 3.63) is 35.4 Å². The number of rotatable bonds is 7. The van der Waals surface area contributed by atoms with E-state index in [0.29, 0.717) is 5.56 Å². The van der Waals surface area contributed by atoms with Crippen molar-refractivity contribution in [2.24, 2.45) is 0 Å². The number of benzene rings is 1. The fourth-order valence-electron chi connectivity index (χ4n) is 2.81. The summed E-state index contributed by atoms with van der Waals surface area (Å²) in [6, 6.07) is 8.27. The van der Waals surface area contributed by atoms with Gasteiger partial charge < -0.3 is 20.3 Å². The summed E-state index contributed by atoms with van der Waals surface area (Å²) in [7, 11) is 0. The molecule has 1 aromatic rings. The Morgan fingerprint density at radius 2 is 1.68 bits per heavy atom. The Labute approximate surface area is 184 Å². The number of carbonyl (C=O) groups excluding carboxylic acids is 3. The molecule has 0 saturated heterocycles. The number of hydrogen-bond acceptors (Lipinski definition) is 5. The summed E-state index contributed by atoms with van der Waals surface area (Å²) >= 11 is 0. The van der Waals surface area contributed by atoms with Crippen molar-refractivity contribution >= 4 is 17.9 Å². The first kappa shape index (κ1) is 26.0. The van der Waals surface area contributed by atoms with Crippen LogP contribution in [0.25, 0.3) is 0 Å². The van der Waals surface area contributed by atoms with Gasteiger partial charge in [0.05, 0.1) is 6.07 Å². The second-order valence-electron chi connectivity index (χ2n) is 9.27. The third kappa shape index (κ3) is 9.08. The Hall–Kier alpha value is -3.08. The molecule has 0 aliphatic rings. The van der Waals surface area contributed by atoms with E-state index in [1.54, 1.807) is 32.9 Å². The minimum absolute atomic E-state index is 0.313. The normalized spacial score (nSPS) is 12.3. The first-order chi connectivity index (χ1) is 14.3. The van der Waals surface area contributed by atoms with Crippen LogP contribution in [0.5, 0.6) is 0 Å². The minimum Gasteiger partial charge on any atom is -0.444 e. The van der Waals surface area contributed by atoms with Crippen LogP contribution in [-0.2, 0) is 20.7 Å². The lowest BCUT2D eigenvalue weighted by Crippen LogP contribution is -2.51. The lowest BCUT2D eigenvalue weighted by molar-refractivity contribution is -0.140. The van der Waals surface area contributed by atoms with Crippen LogP contribution >= 0.6 is 0 Å². The molecule has 31 heavy (non-hydrogen) atoms. The van der Waals surface area contributed by atoms with E-state index in [-0.39, 0.29) is 6.54 Å². The zero-order valence-corrected chi connectivity index (χ0v) is 19.5. The fourth-order valence-corrected chi connectivity index (χ4v) is 2.81. The van der Waals surface area contributed by atoms with Crippen LogP contribution in [0.1, 0.15) is 65.6 Å². The number of nitrogens with one attached hydrogen (secondary N) is 2. The van der Waals surface area contributed by atoms with E-state index >= 15 is 0 Å². The molecule has 1 aromatic carbocycles. The summed E-state index contributed by atoms with van der Waals surface area (Å²) < 4.78 is 5.15. The van der Waals surface area contributed by atoms with Crippen LogP contribution in [0.4, 0.5) is 4.79 Å². The van der Waals surface area contributed by atoms with Crippen molar-refractivity contribution in [3.8, 4) is 6.07 Å². The molecule has 8 heteroatoms. The number of hydrogen-bond donors (Lipinski definition) is 2. The molecule has 1 unspecified atom stereocenters. The van der Waals surface area contributed by atoms with Gasteiger partial charge >= 0.3 is 6.09 Å². The van der Waals surface area contributed by atoms with Gasteiger partial charge in [-0.3, -0.25) is 9.59 Å². The number of nitrogens with zero attached hydrogens (tertiary/aromatic N) is 2. The van der Waals surface area contributed by atoms with Crippen molar-refractivity contribution in [2.45, 2.75) is 72.1 Å². The second-order valence-corrected chi connectivity index (χ2v) is 9.27. The van der Waals surface area contributed by atoms with Crippen molar-refractivity contribution in [2.75, 3.05) is 13.1 Å². The van der Waals surface area contributed by atoms with Gasteiger partial charge in [0.2, 0.25) is 11.8 Å². The number of nitriles is 1. The standard InChI is InChI=1S/C23H34N4O4/c1-8-16-9-11-17(12-10-16)19(20(29)26-22(2,3)4)27(14-13-24)18(28)15-25-21(30)31-23(5,6)7/h9-12,19H,8,14-15H2,1-7H3,(H,25,30)(H,26,29). The molecular weight excluding hydrogens is 396 g/mol. The van der Waals surface area contributed by atoms with Gasteiger partial charge in [-0.2, -0.15) is 5.26 Å². The van der Waals surface area contributed by atoms with E-state index in [9.17, 15) is 19.6 Å². The fraction of sp³-hybridized carbons (Fsp3) is 0.565. The van der Waals surface area contributed by atoms with Gasteiger partial charge in [0.1, 0.15) is 24.7 Å². The Balaban J connectivity index is 3.19. The summed E-state index contributed by atoms with van der Waals surface area (Å²) in [5.41, 5.74) is 0.424. The molecule has 0 aromatic heterocycles. The van der Waals surface area contributed by atoms with Gasteiger partial charge in [0.25, 0.3) is 0 Å². The first-order valence-electron chi connectivity index (χ1n) is 10.3. The second kappa shape index (κ2) is 10.8. The number of alkyl carbamates (subject to hydrolysis) is 1. The monoisotopic (exact) mass is 430 g/mol. The van der Waals surface area contributed by atoms with Gasteiger partial charge in [-0.1, -0.05) is 31.2 Å². The molecule has 3 amide bonds. The lowest BCUT2D eigenvalue weighted by atomic mass is 9.99. The van der Waals surface area contributed by atoms with Gasteiger partial charge in [-0.05, 0) is 59.1 Å².